The van der Waals surface area contributed by atoms with E-state index in [4.69, 9.17) is 9.47 Å². The SMILES string of the molecule is C[C@@]1(CO)Cc2cc(NC(=O)c3cnn4cccnc34)c(OC(F)(F)F)cc2O1.C[C@]1(CO)Cc2cc(NC(=O)c3cnn4cccnc34)c(OC(F)(F)F)cc2O1. The van der Waals surface area contributed by atoms with Gasteiger partial charge in [-0.25, -0.2) is 19.0 Å². The van der Waals surface area contributed by atoms with Crippen LogP contribution in [-0.2, 0) is 12.8 Å². The van der Waals surface area contributed by atoms with Crippen molar-refractivity contribution in [1.82, 2.24) is 29.2 Å². The molecular weight excluding hydrogens is 786 g/mol. The van der Waals surface area contributed by atoms with Gasteiger partial charge in [-0.1, -0.05) is 0 Å². The van der Waals surface area contributed by atoms with Gasteiger partial charge in [-0.2, -0.15) is 10.2 Å². The molecule has 2 aliphatic rings. The van der Waals surface area contributed by atoms with E-state index in [-0.39, 0.29) is 71.4 Å². The minimum absolute atomic E-state index is 0.0838. The first-order valence-corrected chi connectivity index (χ1v) is 17.0. The van der Waals surface area contributed by atoms with Crippen LogP contribution < -0.4 is 29.6 Å². The Hall–Kier alpha value is -6.68. The zero-order chi connectivity index (χ0) is 41.6. The third-order valence-corrected chi connectivity index (χ3v) is 8.83. The molecule has 22 heteroatoms. The average molecular weight is 817 g/mol. The highest BCUT2D eigenvalue weighted by Crippen LogP contribution is 2.44. The molecule has 0 spiro atoms. The number of aromatic nitrogens is 6. The molecule has 0 fully saturated rings. The van der Waals surface area contributed by atoms with Gasteiger partial charge in [0.15, 0.2) is 22.8 Å². The van der Waals surface area contributed by atoms with E-state index >= 15 is 0 Å². The molecule has 6 aromatic rings. The summed E-state index contributed by atoms with van der Waals surface area (Å²) < 4.78 is 99.2. The number of benzene rings is 2. The van der Waals surface area contributed by atoms with Crippen LogP contribution >= 0.6 is 0 Å². The summed E-state index contributed by atoms with van der Waals surface area (Å²) in [4.78, 5) is 33.5. The molecule has 0 bridgehead atoms. The van der Waals surface area contributed by atoms with Crippen LogP contribution in [0.25, 0.3) is 11.3 Å². The molecule has 58 heavy (non-hydrogen) atoms. The van der Waals surface area contributed by atoms with Crippen molar-refractivity contribution >= 4 is 34.5 Å². The minimum atomic E-state index is -4.97. The number of halogens is 6. The number of rotatable bonds is 8. The number of carbonyl (C=O) groups excluding carboxylic acids is 2. The van der Waals surface area contributed by atoms with E-state index in [1.54, 1.807) is 38.4 Å². The first-order valence-electron chi connectivity index (χ1n) is 17.0. The van der Waals surface area contributed by atoms with Crippen molar-refractivity contribution in [2.75, 3.05) is 23.8 Å². The van der Waals surface area contributed by atoms with E-state index in [0.29, 0.717) is 11.1 Å². The molecule has 304 valence electrons. The van der Waals surface area contributed by atoms with Crippen LogP contribution in [0.3, 0.4) is 0 Å². The van der Waals surface area contributed by atoms with Crippen LogP contribution in [0.5, 0.6) is 23.0 Å². The summed E-state index contributed by atoms with van der Waals surface area (Å²) in [5.41, 5.74) is -0.574. The van der Waals surface area contributed by atoms with Gasteiger partial charge in [0, 0.05) is 60.9 Å². The molecule has 4 N–H and O–H groups in total. The number of carbonyl (C=O) groups is 2. The van der Waals surface area contributed by atoms with Crippen molar-refractivity contribution in [3.05, 3.63) is 95.8 Å². The van der Waals surface area contributed by atoms with Gasteiger partial charge >= 0.3 is 12.7 Å². The lowest BCUT2D eigenvalue weighted by Crippen LogP contribution is -2.34. The predicted molar refractivity (Wildman–Crippen MR) is 188 cm³/mol. The molecule has 16 nitrogen and oxygen atoms in total. The molecule has 0 aliphatic carbocycles. The molecule has 8 rings (SSSR count). The van der Waals surface area contributed by atoms with E-state index in [0.717, 1.165) is 12.1 Å². The predicted octanol–water partition coefficient (Wildman–Crippen LogP) is 5.13. The second kappa shape index (κ2) is 14.7. The van der Waals surface area contributed by atoms with Crippen molar-refractivity contribution in [3.63, 3.8) is 0 Å². The molecule has 4 aromatic heterocycles. The summed E-state index contributed by atoms with van der Waals surface area (Å²) >= 11 is 0. The molecule has 0 unspecified atom stereocenters. The third-order valence-electron chi connectivity index (χ3n) is 8.83. The lowest BCUT2D eigenvalue weighted by molar-refractivity contribution is -0.275. The van der Waals surface area contributed by atoms with Crippen molar-refractivity contribution in [2.45, 2.75) is 50.6 Å². The van der Waals surface area contributed by atoms with E-state index in [1.807, 2.05) is 0 Å². The van der Waals surface area contributed by atoms with Gasteiger partial charge in [-0.05, 0) is 38.1 Å². The van der Waals surface area contributed by atoms with Crippen molar-refractivity contribution in [1.29, 1.82) is 0 Å². The van der Waals surface area contributed by atoms with Gasteiger partial charge in [0.1, 0.15) is 33.8 Å². The molecule has 0 saturated heterocycles. The largest absolute Gasteiger partial charge is 0.573 e. The number of anilines is 2. The standard InChI is InChI=1S/2C18H15F3N4O4/c2*1-17(9-26)7-10-5-12(14(6-13(10)28-17)29-18(19,20)21)24-16(27)11-8-23-25-4-2-3-22-15(11)25/h2*2-6,8,26H,7,9H2,1H3,(H,24,27)/t2*17-/m10/s1. The monoisotopic (exact) mass is 816 g/mol. The summed E-state index contributed by atoms with van der Waals surface area (Å²) in [6.07, 6.45) is -0.805. The summed E-state index contributed by atoms with van der Waals surface area (Å²) in [6, 6.07) is 8.02. The molecular formula is C36H30F6N8O8. The van der Waals surface area contributed by atoms with E-state index in [1.165, 1.54) is 46.0 Å². The Kier molecular flexibility index (Phi) is 10.0. The maximum absolute atomic E-state index is 12.9. The molecule has 2 atom stereocenters. The molecule has 2 aromatic carbocycles. The van der Waals surface area contributed by atoms with E-state index in [9.17, 15) is 46.1 Å². The topological polar surface area (TPSA) is 196 Å². The Bertz CT molecular complexity index is 2370. The first-order chi connectivity index (χ1) is 27.3. The normalized spacial score (nSPS) is 18.4. The lowest BCUT2D eigenvalue weighted by Gasteiger charge is -2.20. The van der Waals surface area contributed by atoms with Gasteiger partial charge < -0.3 is 39.8 Å². The molecule has 0 radical (unpaired) electrons. The second-order valence-electron chi connectivity index (χ2n) is 13.6. The van der Waals surface area contributed by atoms with Crippen LogP contribution in [0, 0.1) is 0 Å². The fraction of sp³-hybridized carbons (Fsp3) is 0.278. The number of amides is 2. The Morgan fingerprint density at radius 3 is 1.48 bits per heavy atom. The number of hydrogen-bond acceptors (Lipinski definition) is 12. The zero-order valence-electron chi connectivity index (χ0n) is 30.1. The number of nitrogens with one attached hydrogen (secondary N) is 2. The number of nitrogens with zero attached hydrogens (tertiary/aromatic N) is 6. The Morgan fingerprint density at radius 2 is 1.12 bits per heavy atom. The number of fused-ring (bicyclic) bond motifs is 4. The third kappa shape index (κ3) is 8.37. The minimum Gasteiger partial charge on any atom is -0.484 e. The van der Waals surface area contributed by atoms with Gasteiger partial charge in [0.05, 0.1) is 37.0 Å². The summed E-state index contributed by atoms with van der Waals surface area (Å²) in [7, 11) is 0. The van der Waals surface area contributed by atoms with E-state index < -0.39 is 47.2 Å². The van der Waals surface area contributed by atoms with Gasteiger partial charge in [0.25, 0.3) is 11.8 Å². The Morgan fingerprint density at radius 1 is 0.724 bits per heavy atom. The number of ether oxygens (including phenoxy) is 4. The van der Waals surface area contributed by atoms with Gasteiger partial charge in [0.2, 0.25) is 0 Å². The average Bonchev–Trinajstić information content (AvgIpc) is 3.93. The highest BCUT2D eigenvalue weighted by Gasteiger charge is 2.40. The highest BCUT2D eigenvalue weighted by molar-refractivity contribution is 6.09. The molecule has 2 amide bonds. The number of alkyl halides is 6. The van der Waals surface area contributed by atoms with Crippen LogP contribution in [0.1, 0.15) is 45.7 Å². The molecule has 0 saturated carbocycles. The molecule has 6 heterocycles. The quantitative estimate of drug-likeness (QED) is 0.148. The van der Waals surface area contributed by atoms with E-state index in [2.05, 4.69) is 40.3 Å². The lowest BCUT2D eigenvalue weighted by atomic mass is 10.00. The smallest absolute Gasteiger partial charge is 0.484 e. The summed E-state index contributed by atoms with van der Waals surface area (Å²) in [6.45, 7) is 2.60. The van der Waals surface area contributed by atoms with Gasteiger partial charge in [-0.15, -0.1) is 26.3 Å². The van der Waals surface area contributed by atoms with Crippen molar-refractivity contribution < 1.29 is 65.1 Å². The van der Waals surface area contributed by atoms with Crippen LogP contribution in [0.15, 0.2) is 73.6 Å². The summed E-state index contributed by atoms with van der Waals surface area (Å²) in [5.74, 6) is -2.36. The molecule has 2 aliphatic heterocycles. The first kappa shape index (κ1) is 39.6. The maximum atomic E-state index is 12.9. The van der Waals surface area contributed by atoms with Crippen LogP contribution in [-0.4, -0.2) is 88.4 Å². The fourth-order valence-electron chi connectivity index (χ4n) is 6.23. The zero-order valence-corrected chi connectivity index (χ0v) is 30.1. The van der Waals surface area contributed by atoms with Crippen molar-refractivity contribution in [2.24, 2.45) is 0 Å². The number of hydrogen-bond donors (Lipinski definition) is 4. The Labute approximate surface area is 321 Å². The maximum Gasteiger partial charge on any atom is 0.573 e. The highest BCUT2D eigenvalue weighted by atomic mass is 19.4. The van der Waals surface area contributed by atoms with Gasteiger partial charge in [-0.3, -0.25) is 9.59 Å². The second-order valence-corrected chi connectivity index (χ2v) is 13.6. The van der Waals surface area contributed by atoms with Crippen LogP contribution in [0.4, 0.5) is 37.7 Å². The number of aliphatic hydroxyl groups is 2. The van der Waals surface area contributed by atoms with Crippen LogP contribution in [0.2, 0.25) is 0 Å². The fourth-order valence-corrected chi connectivity index (χ4v) is 6.23. The Balaban J connectivity index is 0.000000177. The number of aliphatic hydroxyl groups excluding tert-OH is 2. The van der Waals surface area contributed by atoms with Crippen molar-refractivity contribution in [3.8, 4) is 23.0 Å². The summed E-state index contributed by atoms with van der Waals surface area (Å²) in [5, 5.41) is 31.8.